The Labute approximate surface area is 308 Å². The number of aryl methyl sites for hydroxylation is 2. The molecule has 0 atom stereocenters. The molecule has 0 aliphatic carbocycles. The molecule has 0 N–H and O–H groups in total. The normalized spacial score (nSPS) is 17.6. The fourth-order valence-corrected chi connectivity index (χ4v) is 6.14. The summed E-state index contributed by atoms with van der Waals surface area (Å²) >= 11 is 0. The van der Waals surface area contributed by atoms with E-state index in [0.29, 0.717) is 130 Å². The zero-order chi connectivity index (χ0) is 36.4. The van der Waals surface area contributed by atoms with Gasteiger partial charge in [0, 0.05) is 38.9 Å². The van der Waals surface area contributed by atoms with Gasteiger partial charge in [0.1, 0.15) is 43.4 Å². The van der Waals surface area contributed by atoms with Crippen LogP contribution in [0.15, 0.2) is 54.6 Å². The van der Waals surface area contributed by atoms with Gasteiger partial charge in [0.15, 0.2) is 0 Å². The third-order valence-electron chi connectivity index (χ3n) is 8.92. The number of carbonyl (C=O) groups is 1. The number of ether oxygens (including phenoxy) is 8. The van der Waals surface area contributed by atoms with Crippen LogP contribution in [0.4, 0.5) is 17.1 Å². The van der Waals surface area contributed by atoms with E-state index >= 15 is 0 Å². The van der Waals surface area contributed by atoms with E-state index in [0.717, 1.165) is 46.0 Å². The lowest BCUT2D eigenvalue weighted by Gasteiger charge is -2.29. The minimum atomic E-state index is 0.346. The number of hydrogen-bond donors (Lipinski definition) is 0. The highest BCUT2D eigenvalue weighted by atomic mass is 16.5. The quantitative estimate of drug-likeness (QED) is 0.199. The topological polar surface area (TPSA) is 101 Å². The third kappa shape index (κ3) is 12.0. The van der Waals surface area contributed by atoms with Gasteiger partial charge < -0.3 is 52.6 Å². The van der Waals surface area contributed by atoms with E-state index in [-0.39, 0.29) is 0 Å². The van der Waals surface area contributed by atoms with Crippen LogP contribution in [0, 0.1) is 13.8 Å². The van der Waals surface area contributed by atoms with E-state index in [1.807, 2.05) is 6.07 Å². The Morgan fingerprint density at radius 2 is 1.00 bits per heavy atom. The Hall–Kier alpha value is -4.07. The summed E-state index contributed by atoms with van der Waals surface area (Å²) in [6.45, 7) is 13.6. The monoisotopic (exact) mass is 721 g/mol. The molecule has 12 nitrogen and oxygen atoms in total. The second kappa shape index (κ2) is 21.5. The Balaban J connectivity index is 1.50. The predicted octanol–water partition coefficient (Wildman–Crippen LogP) is 4.81. The number of anilines is 3. The summed E-state index contributed by atoms with van der Waals surface area (Å²) in [7, 11) is 1.63. The van der Waals surface area contributed by atoms with Gasteiger partial charge in [-0.05, 0) is 67.4 Å². The third-order valence-corrected chi connectivity index (χ3v) is 8.92. The van der Waals surface area contributed by atoms with Crippen molar-refractivity contribution < 1.29 is 42.7 Å². The molecule has 12 heteroatoms. The SMILES string of the molecule is COCCOc1cc(C=O)ccc1N1CCOc2cc(C)ccc2N2CCOCCOCCN(CCOCCOCC2)c2ccc(C)cc2OCC1. The smallest absolute Gasteiger partial charge is 0.150 e. The van der Waals surface area contributed by atoms with Crippen molar-refractivity contribution in [2.24, 2.45) is 0 Å². The first kappa shape index (κ1) is 39.1. The van der Waals surface area contributed by atoms with Crippen LogP contribution >= 0.6 is 0 Å². The van der Waals surface area contributed by atoms with Crippen LogP contribution in [0.5, 0.6) is 17.2 Å². The largest absolute Gasteiger partial charge is 0.490 e. The molecule has 284 valence electrons. The molecule has 52 heavy (non-hydrogen) atoms. The molecular formula is C40H55N3O9. The van der Waals surface area contributed by atoms with Crippen molar-refractivity contribution in [1.29, 1.82) is 0 Å². The summed E-state index contributed by atoms with van der Waals surface area (Å²) < 4.78 is 48.8. The van der Waals surface area contributed by atoms with E-state index in [1.165, 1.54) is 0 Å². The van der Waals surface area contributed by atoms with Crippen LogP contribution < -0.4 is 28.9 Å². The lowest BCUT2D eigenvalue weighted by molar-refractivity contribution is 0.0435. The molecule has 0 unspecified atom stereocenters. The number of rotatable bonds is 6. The summed E-state index contributed by atoms with van der Waals surface area (Å²) in [4.78, 5) is 18.4. The minimum absolute atomic E-state index is 0.346. The van der Waals surface area contributed by atoms with Crippen molar-refractivity contribution in [1.82, 2.24) is 0 Å². The number of aldehydes is 1. The molecule has 1 fully saturated rings. The summed E-state index contributed by atoms with van der Waals surface area (Å²) in [6.07, 6.45) is 0.827. The molecule has 3 aromatic rings. The highest BCUT2D eigenvalue weighted by Crippen LogP contribution is 2.33. The number of benzene rings is 3. The Bertz CT molecular complexity index is 1420. The van der Waals surface area contributed by atoms with Gasteiger partial charge in [0.2, 0.25) is 0 Å². The summed E-state index contributed by atoms with van der Waals surface area (Å²) in [5.41, 5.74) is 5.53. The number of hydrogen-bond acceptors (Lipinski definition) is 12. The van der Waals surface area contributed by atoms with Gasteiger partial charge in [-0.3, -0.25) is 4.79 Å². The molecular weight excluding hydrogens is 666 g/mol. The first-order valence-electron chi connectivity index (χ1n) is 18.3. The van der Waals surface area contributed by atoms with Crippen molar-refractivity contribution in [2.45, 2.75) is 13.8 Å². The second-order valence-corrected chi connectivity index (χ2v) is 12.7. The Morgan fingerprint density at radius 1 is 0.558 bits per heavy atom. The van der Waals surface area contributed by atoms with Gasteiger partial charge >= 0.3 is 0 Å². The molecule has 0 radical (unpaired) electrons. The molecule has 0 saturated carbocycles. The fourth-order valence-electron chi connectivity index (χ4n) is 6.14. The van der Waals surface area contributed by atoms with Crippen LogP contribution in [0.1, 0.15) is 21.5 Å². The molecule has 3 heterocycles. The van der Waals surface area contributed by atoms with Crippen molar-refractivity contribution in [3.8, 4) is 17.2 Å². The molecule has 0 aromatic heterocycles. The van der Waals surface area contributed by atoms with Crippen molar-refractivity contribution >= 4 is 23.3 Å². The van der Waals surface area contributed by atoms with Crippen molar-refractivity contribution in [2.75, 3.05) is 140 Å². The standard InChI is InChI=1S/C40H55N3O9/c1-32-4-7-35-38(28-32)50-20-14-43(37-9-6-34(31-44)30-40(37)52-27-22-45-3)15-21-51-39-29-33(2)5-8-36(39)42-12-18-48-25-23-46-16-10-41(35)11-17-47-24-26-49-19-13-42/h4-9,28-31H,10-27H2,1-3H3. The highest BCUT2D eigenvalue weighted by molar-refractivity contribution is 5.78. The molecule has 3 aromatic carbocycles. The minimum Gasteiger partial charge on any atom is -0.490 e. The number of carbonyl (C=O) groups excluding carboxylic acids is 1. The molecule has 2 bridgehead atoms. The number of fused-ring (bicyclic) bond motifs is 20. The van der Waals surface area contributed by atoms with Crippen LogP contribution in [-0.2, 0) is 23.7 Å². The van der Waals surface area contributed by atoms with Crippen LogP contribution in [0.25, 0.3) is 0 Å². The van der Waals surface area contributed by atoms with Gasteiger partial charge in [-0.1, -0.05) is 12.1 Å². The maximum absolute atomic E-state index is 11.8. The first-order chi connectivity index (χ1) is 25.6. The van der Waals surface area contributed by atoms with Crippen LogP contribution in [-0.4, -0.2) is 132 Å². The maximum Gasteiger partial charge on any atom is 0.150 e. The highest BCUT2D eigenvalue weighted by Gasteiger charge is 2.19. The zero-order valence-corrected chi connectivity index (χ0v) is 31.0. The molecule has 3 aliphatic heterocycles. The average molecular weight is 722 g/mol. The lowest BCUT2D eigenvalue weighted by Crippen LogP contribution is -2.34. The molecule has 1 saturated heterocycles. The van der Waals surface area contributed by atoms with Crippen molar-refractivity contribution in [3.05, 3.63) is 71.3 Å². The second-order valence-electron chi connectivity index (χ2n) is 12.7. The number of nitrogens with zero attached hydrogens (tertiary/aromatic N) is 3. The Morgan fingerprint density at radius 3 is 1.46 bits per heavy atom. The predicted molar refractivity (Wildman–Crippen MR) is 202 cm³/mol. The van der Waals surface area contributed by atoms with E-state index in [4.69, 9.17) is 37.9 Å². The lowest BCUT2D eigenvalue weighted by atomic mass is 10.1. The van der Waals surface area contributed by atoms with E-state index in [2.05, 4.69) is 64.9 Å². The Kier molecular flexibility index (Phi) is 16.2. The van der Waals surface area contributed by atoms with Crippen LogP contribution in [0.2, 0.25) is 0 Å². The average Bonchev–Trinajstić information content (AvgIpc) is 3.14. The maximum atomic E-state index is 11.8. The zero-order valence-electron chi connectivity index (χ0n) is 31.0. The van der Waals surface area contributed by atoms with Gasteiger partial charge in [0.25, 0.3) is 0 Å². The molecule has 3 aliphatic rings. The summed E-state index contributed by atoms with van der Waals surface area (Å²) in [6, 6.07) is 18.1. The first-order valence-corrected chi connectivity index (χ1v) is 18.3. The van der Waals surface area contributed by atoms with Gasteiger partial charge in [-0.25, -0.2) is 0 Å². The molecule has 0 spiro atoms. The van der Waals surface area contributed by atoms with E-state index in [9.17, 15) is 4.79 Å². The molecule has 0 amide bonds. The fraction of sp³-hybridized carbons (Fsp3) is 0.525. The van der Waals surface area contributed by atoms with Gasteiger partial charge in [-0.15, -0.1) is 0 Å². The number of methoxy groups -OCH3 is 1. The van der Waals surface area contributed by atoms with Gasteiger partial charge in [-0.2, -0.15) is 0 Å². The van der Waals surface area contributed by atoms with Crippen LogP contribution in [0.3, 0.4) is 0 Å². The van der Waals surface area contributed by atoms with Crippen molar-refractivity contribution in [3.63, 3.8) is 0 Å². The van der Waals surface area contributed by atoms with E-state index < -0.39 is 0 Å². The summed E-state index contributed by atoms with van der Waals surface area (Å²) in [5.74, 6) is 2.18. The summed E-state index contributed by atoms with van der Waals surface area (Å²) in [5, 5.41) is 0. The molecule has 6 rings (SSSR count). The van der Waals surface area contributed by atoms with Gasteiger partial charge in [0.05, 0.1) is 89.6 Å². The van der Waals surface area contributed by atoms with E-state index in [1.54, 1.807) is 19.2 Å².